The van der Waals surface area contributed by atoms with Crippen LogP contribution in [0.5, 0.6) is 0 Å². The van der Waals surface area contributed by atoms with Crippen molar-refractivity contribution in [3.05, 3.63) is 47.9 Å². The maximum atomic E-state index is 11.7. The van der Waals surface area contributed by atoms with Crippen molar-refractivity contribution in [3.8, 4) is 12.1 Å². The van der Waals surface area contributed by atoms with Crippen LogP contribution in [0.25, 0.3) is 0 Å². The first-order valence-electron chi connectivity index (χ1n) is 9.39. The van der Waals surface area contributed by atoms with Crippen LogP contribution >= 0.6 is 0 Å². The number of amides is 2. The fourth-order valence-electron chi connectivity index (χ4n) is 2.41. The van der Waals surface area contributed by atoms with Crippen LogP contribution in [-0.4, -0.2) is 84.3 Å². The zero-order valence-corrected chi connectivity index (χ0v) is 16.6. The third kappa shape index (κ3) is 9.06. The molecule has 160 valence electrons. The lowest BCUT2D eigenvalue weighted by molar-refractivity contribution is -0.118. The Hall–Kier alpha value is -3.60. The van der Waals surface area contributed by atoms with Crippen molar-refractivity contribution in [3.63, 3.8) is 0 Å². The van der Waals surface area contributed by atoms with Crippen molar-refractivity contribution in [2.24, 2.45) is 0 Å². The molecule has 4 N–H and O–H groups in total. The van der Waals surface area contributed by atoms with Crippen molar-refractivity contribution < 1.29 is 19.8 Å². The number of piperazine rings is 1. The van der Waals surface area contributed by atoms with Gasteiger partial charge < -0.3 is 30.6 Å². The number of hydrogen-bond donors (Lipinski definition) is 4. The van der Waals surface area contributed by atoms with Gasteiger partial charge in [0.25, 0.3) is 11.8 Å². The van der Waals surface area contributed by atoms with E-state index in [9.17, 15) is 9.59 Å². The van der Waals surface area contributed by atoms with Crippen molar-refractivity contribution in [1.82, 2.24) is 20.4 Å². The topological polar surface area (TPSA) is 153 Å². The normalized spacial score (nSPS) is 15.2. The maximum absolute atomic E-state index is 11.7. The molecule has 0 saturated carbocycles. The largest absolute Gasteiger partial charge is 0.395 e. The average molecular weight is 414 g/mol. The highest BCUT2D eigenvalue weighted by Gasteiger charge is 2.11. The molecule has 0 spiro atoms. The Balaban J connectivity index is 2.51. The molecule has 10 heteroatoms. The summed E-state index contributed by atoms with van der Waals surface area (Å²) in [5.74, 6) is -1.05. The fourth-order valence-corrected chi connectivity index (χ4v) is 2.41. The third-order valence-electron chi connectivity index (χ3n) is 3.99. The van der Waals surface area contributed by atoms with Crippen LogP contribution < -0.4 is 10.6 Å². The van der Waals surface area contributed by atoms with Crippen LogP contribution in [0.2, 0.25) is 0 Å². The molecule has 0 atom stereocenters. The molecule has 1 aliphatic rings. The minimum Gasteiger partial charge on any atom is -0.395 e. The summed E-state index contributed by atoms with van der Waals surface area (Å²) in [5, 5.41) is 40.3. The summed E-state index contributed by atoms with van der Waals surface area (Å²) in [6.45, 7) is 2.69. The van der Waals surface area contributed by atoms with Gasteiger partial charge in [-0.1, -0.05) is 0 Å². The number of rotatable bonds is 10. The number of allylic oxidation sites excluding steroid dienone is 4. The highest BCUT2D eigenvalue weighted by molar-refractivity contribution is 5.97. The number of carbonyl (C=O) groups excluding carboxylic acids is 2. The fraction of sp³-hybridized carbons (Fsp3) is 0.400. The van der Waals surface area contributed by atoms with Crippen LogP contribution in [0, 0.1) is 22.7 Å². The Labute approximate surface area is 175 Å². The summed E-state index contributed by atoms with van der Waals surface area (Å²) in [6, 6.07) is 3.65. The molecule has 30 heavy (non-hydrogen) atoms. The molecule has 1 rings (SSSR count). The van der Waals surface area contributed by atoms with Gasteiger partial charge in [-0.25, -0.2) is 0 Å². The Kier molecular flexibility index (Phi) is 11.7. The molecule has 0 aromatic carbocycles. The molecular formula is C20H26N6O4. The Bertz CT molecular complexity index is 714. The van der Waals surface area contributed by atoms with E-state index in [0.29, 0.717) is 0 Å². The molecule has 0 aromatic heterocycles. The molecule has 0 aromatic rings. The van der Waals surface area contributed by atoms with Gasteiger partial charge in [0.2, 0.25) is 0 Å². The number of carbonyl (C=O) groups is 2. The van der Waals surface area contributed by atoms with E-state index in [1.54, 1.807) is 24.6 Å². The number of nitrogens with one attached hydrogen (secondary N) is 2. The van der Waals surface area contributed by atoms with Crippen LogP contribution in [0.4, 0.5) is 0 Å². The molecule has 0 aliphatic carbocycles. The molecule has 0 radical (unpaired) electrons. The van der Waals surface area contributed by atoms with Crippen LogP contribution in [-0.2, 0) is 9.59 Å². The third-order valence-corrected chi connectivity index (χ3v) is 3.99. The first kappa shape index (κ1) is 24.4. The van der Waals surface area contributed by atoms with Gasteiger partial charge in [0.15, 0.2) is 0 Å². The van der Waals surface area contributed by atoms with E-state index in [2.05, 4.69) is 10.6 Å². The summed E-state index contributed by atoms with van der Waals surface area (Å²) in [5.41, 5.74) is -0.0752. The second kappa shape index (κ2) is 14.4. The van der Waals surface area contributed by atoms with Crippen LogP contribution in [0.3, 0.4) is 0 Å². The van der Waals surface area contributed by atoms with Gasteiger partial charge in [-0.3, -0.25) is 9.59 Å². The lowest BCUT2D eigenvalue weighted by Gasteiger charge is -2.33. The highest BCUT2D eigenvalue weighted by atomic mass is 16.3. The molecule has 1 saturated heterocycles. The molecule has 0 bridgehead atoms. The number of aliphatic hydroxyl groups is 2. The summed E-state index contributed by atoms with van der Waals surface area (Å²) >= 11 is 0. The van der Waals surface area contributed by atoms with Crippen molar-refractivity contribution in [2.45, 2.75) is 0 Å². The van der Waals surface area contributed by atoms with Gasteiger partial charge >= 0.3 is 0 Å². The average Bonchev–Trinajstić information content (AvgIpc) is 2.77. The predicted molar refractivity (Wildman–Crippen MR) is 109 cm³/mol. The lowest BCUT2D eigenvalue weighted by atomic mass is 10.2. The molecule has 1 aliphatic heterocycles. The maximum Gasteiger partial charge on any atom is 0.262 e. The Morgan fingerprint density at radius 2 is 1.17 bits per heavy atom. The Morgan fingerprint density at radius 3 is 1.47 bits per heavy atom. The number of nitrogens with zero attached hydrogens (tertiary/aromatic N) is 4. The van der Waals surface area contributed by atoms with E-state index in [1.807, 2.05) is 21.9 Å². The monoisotopic (exact) mass is 414 g/mol. The van der Waals surface area contributed by atoms with E-state index in [1.165, 1.54) is 12.2 Å². The van der Waals surface area contributed by atoms with Crippen molar-refractivity contribution in [1.29, 1.82) is 10.5 Å². The minimum atomic E-state index is -0.527. The van der Waals surface area contributed by atoms with Gasteiger partial charge in [-0.2, -0.15) is 10.5 Å². The Morgan fingerprint density at radius 1 is 0.800 bits per heavy atom. The molecular weight excluding hydrogens is 388 g/mol. The minimum absolute atomic E-state index is 0.0376. The molecule has 0 unspecified atom stereocenters. The molecule has 10 nitrogen and oxygen atoms in total. The summed E-state index contributed by atoms with van der Waals surface area (Å²) in [7, 11) is 0. The van der Waals surface area contributed by atoms with E-state index in [-0.39, 0.29) is 37.4 Å². The lowest BCUT2D eigenvalue weighted by Crippen LogP contribution is -2.41. The van der Waals surface area contributed by atoms with Gasteiger partial charge in [-0.05, 0) is 36.7 Å². The second-order valence-electron chi connectivity index (χ2n) is 6.10. The van der Waals surface area contributed by atoms with E-state index >= 15 is 0 Å². The van der Waals surface area contributed by atoms with Crippen LogP contribution in [0.15, 0.2) is 47.9 Å². The van der Waals surface area contributed by atoms with Gasteiger partial charge in [-0.15, -0.1) is 0 Å². The molecule has 2 amide bonds. The van der Waals surface area contributed by atoms with Crippen molar-refractivity contribution in [2.75, 3.05) is 52.5 Å². The zero-order chi connectivity index (χ0) is 22.2. The number of aliphatic hydroxyl groups excluding tert-OH is 2. The number of hydrogen-bond acceptors (Lipinski definition) is 8. The van der Waals surface area contributed by atoms with E-state index in [4.69, 9.17) is 20.7 Å². The van der Waals surface area contributed by atoms with E-state index < -0.39 is 11.8 Å². The van der Waals surface area contributed by atoms with E-state index in [0.717, 1.165) is 26.2 Å². The zero-order valence-electron chi connectivity index (χ0n) is 16.6. The highest BCUT2D eigenvalue weighted by Crippen LogP contribution is 2.04. The second-order valence-corrected chi connectivity index (χ2v) is 6.10. The van der Waals surface area contributed by atoms with Crippen LogP contribution in [0.1, 0.15) is 0 Å². The standard InChI is InChI=1S/C20H26N6O4/c21-15-17(19(29)23-5-13-27)3-1-7-25-9-11-26(12-10-25)8-2-4-18(16-22)20(30)24-6-14-28/h1-4,7-8,27-28H,5-6,9-14H2,(H,23,29)(H,24,30)/b7-1+,8-2+,17-3+,18-4+. The molecule has 1 heterocycles. The smallest absolute Gasteiger partial charge is 0.262 e. The quantitative estimate of drug-likeness (QED) is 0.196. The summed E-state index contributed by atoms with van der Waals surface area (Å²) in [4.78, 5) is 27.5. The summed E-state index contributed by atoms with van der Waals surface area (Å²) in [6.07, 6.45) is 9.73. The summed E-state index contributed by atoms with van der Waals surface area (Å²) < 4.78 is 0. The SMILES string of the molecule is N#C/C(=C\C=C\N1CCN(/C=C/C=C(\C#N)C(=O)NCCO)CC1)C(=O)NCCO. The van der Waals surface area contributed by atoms with Gasteiger partial charge in [0.1, 0.15) is 23.3 Å². The van der Waals surface area contributed by atoms with Gasteiger partial charge in [0, 0.05) is 39.3 Å². The first-order chi connectivity index (χ1) is 14.5. The first-order valence-corrected chi connectivity index (χ1v) is 9.39. The van der Waals surface area contributed by atoms with Gasteiger partial charge in [0.05, 0.1) is 13.2 Å². The number of nitriles is 2. The molecule has 1 fully saturated rings. The van der Waals surface area contributed by atoms with Crippen molar-refractivity contribution >= 4 is 11.8 Å². The predicted octanol–water partition coefficient (Wildman–Crippen LogP) is -1.25.